The molecule has 1 atom stereocenters. The number of piperidine rings is 1. The number of rotatable bonds is 4. The molecule has 2 saturated heterocycles. The van der Waals surface area contributed by atoms with Gasteiger partial charge >= 0.3 is 0 Å². The SMILES string of the molecule is O=C([C@H]1CCCN(Cc2ccco2)C1)N1CCN(c2cnccn2)CC1. The second kappa shape index (κ2) is 7.86. The van der Waals surface area contributed by atoms with E-state index in [-0.39, 0.29) is 5.92 Å². The number of furan rings is 1. The number of piperazine rings is 1. The second-order valence-corrected chi connectivity index (χ2v) is 7.03. The van der Waals surface area contributed by atoms with Crippen LogP contribution in [0.15, 0.2) is 41.4 Å². The summed E-state index contributed by atoms with van der Waals surface area (Å²) in [5.74, 6) is 2.26. The van der Waals surface area contributed by atoms with Crippen molar-refractivity contribution >= 4 is 11.7 Å². The summed E-state index contributed by atoms with van der Waals surface area (Å²) < 4.78 is 5.45. The van der Waals surface area contributed by atoms with E-state index in [2.05, 4.69) is 19.8 Å². The number of likely N-dealkylation sites (tertiary alicyclic amines) is 1. The van der Waals surface area contributed by atoms with Crippen molar-refractivity contribution in [3.8, 4) is 0 Å². The molecule has 0 radical (unpaired) electrons. The van der Waals surface area contributed by atoms with Crippen molar-refractivity contribution in [1.29, 1.82) is 0 Å². The van der Waals surface area contributed by atoms with Crippen molar-refractivity contribution in [2.24, 2.45) is 5.92 Å². The Morgan fingerprint density at radius 3 is 2.81 bits per heavy atom. The minimum atomic E-state index is 0.0989. The standard InChI is InChI=1S/C19H25N5O2/c25-19(16-3-1-7-22(14-16)15-17-4-2-12-26-17)24-10-8-23(9-11-24)18-13-20-5-6-21-18/h2,4-6,12-13,16H,1,3,7-11,14-15H2/t16-/m0/s1. The highest BCUT2D eigenvalue weighted by Gasteiger charge is 2.31. The third-order valence-corrected chi connectivity index (χ3v) is 5.28. The number of amides is 1. The van der Waals surface area contributed by atoms with Crippen LogP contribution in [-0.4, -0.2) is 64.9 Å². The lowest BCUT2D eigenvalue weighted by Crippen LogP contribution is -2.52. The van der Waals surface area contributed by atoms with Crippen molar-refractivity contribution in [3.63, 3.8) is 0 Å². The van der Waals surface area contributed by atoms with Gasteiger partial charge in [0.25, 0.3) is 0 Å². The molecule has 4 heterocycles. The molecule has 2 aromatic heterocycles. The van der Waals surface area contributed by atoms with Gasteiger partial charge in [0.2, 0.25) is 5.91 Å². The van der Waals surface area contributed by atoms with Crippen molar-refractivity contribution in [2.75, 3.05) is 44.2 Å². The fourth-order valence-corrected chi connectivity index (χ4v) is 3.89. The van der Waals surface area contributed by atoms with Crippen LogP contribution < -0.4 is 4.90 Å². The van der Waals surface area contributed by atoms with E-state index in [4.69, 9.17) is 4.42 Å². The zero-order chi connectivity index (χ0) is 17.8. The van der Waals surface area contributed by atoms with Gasteiger partial charge in [-0.1, -0.05) is 0 Å². The van der Waals surface area contributed by atoms with Crippen LogP contribution in [0.25, 0.3) is 0 Å². The molecule has 4 rings (SSSR count). The molecule has 2 fully saturated rings. The van der Waals surface area contributed by atoms with E-state index in [9.17, 15) is 4.79 Å². The number of hydrogen-bond acceptors (Lipinski definition) is 6. The van der Waals surface area contributed by atoms with Gasteiger partial charge < -0.3 is 14.2 Å². The highest BCUT2D eigenvalue weighted by atomic mass is 16.3. The Bertz CT molecular complexity index is 698. The monoisotopic (exact) mass is 355 g/mol. The molecule has 26 heavy (non-hydrogen) atoms. The Kier molecular flexibility index (Phi) is 5.15. The summed E-state index contributed by atoms with van der Waals surface area (Å²) in [4.78, 5) is 28.0. The summed E-state index contributed by atoms with van der Waals surface area (Å²) in [7, 11) is 0. The number of carbonyl (C=O) groups excluding carboxylic acids is 1. The molecule has 2 aliphatic heterocycles. The van der Waals surface area contributed by atoms with E-state index >= 15 is 0 Å². The molecule has 0 aromatic carbocycles. The van der Waals surface area contributed by atoms with Crippen LogP contribution in [0.4, 0.5) is 5.82 Å². The van der Waals surface area contributed by atoms with E-state index in [1.54, 1.807) is 24.9 Å². The van der Waals surface area contributed by atoms with E-state index in [1.807, 2.05) is 17.0 Å². The van der Waals surface area contributed by atoms with E-state index < -0.39 is 0 Å². The summed E-state index contributed by atoms with van der Waals surface area (Å²) in [6.45, 7) is 5.78. The lowest BCUT2D eigenvalue weighted by Gasteiger charge is -2.39. The minimum Gasteiger partial charge on any atom is -0.468 e. The molecular formula is C19H25N5O2. The number of carbonyl (C=O) groups is 1. The molecule has 0 saturated carbocycles. The van der Waals surface area contributed by atoms with Gasteiger partial charge in [-0.2, -0.15) is 0 Å². The van der Waals surface area contributed by atoms with Gasteiger partial charge in [-0.05, 0) is 31.5 Å². The van der Waals surface area contributed by atoms with Crippen molar-refractivity contribution in [1.82, 2.24) is 19.8 Å². The molecule has 0 bridgehead atoms. The summed E-state index contributed by atoms with van der Waals surface area (Å²) >= 11 is 0. The maximum Gasteiger partial charge on any atom is 0.227 e. The van der Waals surface area contributed by atoms with Crippen LogP contribution in [0.3, 0.4) is 0 Å². The van der Waals surface area contributed by atoms with Gasteiger partial charge in [0, 0.05) is 45.1 Å². The molecule has 0 spiro atoms. The third kappa shape index (κ3) is 3.88. The summed E-state index contributed by atoms with van der Waals surface area (Å²) in [6, 6.07) is 3.91. The maximum atomic E-state index is 13.0. The van der Waals surface area contributed by atoms with Crippen molar-refractivity contribution in [2.45, 2.75) is 19.4 Å². The van der Waals surface area contributed by atoms with Crippen LogP contribution in [0.2, 0.25) is 0 Å². The number of nitrogens with zero attached hydrogens (tertiary/aromatic N) is 5. The molecule has 0 N–H and O–H groups in total. The molecule has 7 nitrogen and oxygen atoms in total. The van der Waals surface area contributed by atoms with Gasteiger partial charge in [-0.25, -0.2) is 4.98 Å². The fourth-order valence-electron chi connectivity index (χ4n) is 3.89. The van der Waals surface area contributed by atoms with Gasteiger partial charge in [-0.15, -0.1) is 0 Å². The average molecular weight is 355 g/mol. The van der Waals surface area contributed by atoms with E-state index in [0.717, 1.165) is 70.2 Å². The maximum absolute atomic E-state index is 13.0. The molecule has 2 aliphatic rings. The summed E-state index contributed by atoms with van der Waals surface area (Å²) in [5.41, 5.74) is 0. The van der Waals surface area contributed by atoms with Crippen LogP contribution in [0, 0.1) is 5.92 Å². The molecule has 7 heteroatoms. The van der Waals surface area contributed by atoms with Gasteiger partial charge in [-0.3, -0.25) is 14.7 Å². The smallest absolute Gasteiger partial charge is 0.227 e. The van der Waals surface area contributed by atoms with Gasteiger partial charge in [0.15, 0.2) is 0 Å². The van der Waals surface area contributed by atoms with Crippen molar-refractivity contribution in [3.05, 3.63) is 42.7 Å². The molecule has 0 unspecified atom stereocenters. The minimum absolute atomic E-state index is 0.0989. The quantitative estimate of drug-likeness (QED) is 0.831. The normalized spacial score (nSPS) is 21.8. The topological polar surface area (TPSA) is 65.7 Å². The lowest BCUT2D eigenvalue weighted by molar-refractivity contribution is -0.137. The first-order chi connectivity index (χ1) is 12.8. The molecule has 2 aromatic rings. The summed E-state index contributed by atoms with van der Waals surface area (Å²) in [5, 5.41) is 0. The van der Waals surface area contributed by atoms with E-state index in [1.165, 1.54) is 0 Å². The van der Waals surface area contributed by atoms with Crippen LogP contribution in [-0.2, 0) is 11.3 Å². The zero-order valence-electron chi connectivity index (χ0n) is 15.0. The lowest BCUT2D eigenvalue weighted by atomic mass is 9.96. The first-order valence-corrected chi connectivity index (χ1v) is 9.34. The van der Waals surface area contributed by atoms with Crippen LogP contribution in [0.5, 0.6) is 0 Å². The zero-order valence-corrected chi connectivity index (χ0v) is 15.0. The molecular weight excluding hydrogens is 330 g/mol. The first kappa shape index (κ1) is 17.0. The highest BCUT2D eigenvalue weighted by Crippen LogP contribution is 2.22. The Balaban J connectivity index is 1.30. The van der Waals surface area contributed by atoms with Gasteiger partial charge in [0.1, 0.15) is 11.6 Å². The number of hydrogen-bond donors (Lipinski definition) is 0. The Labute approximate surface area is 153 Å². The Morgan fingerprint density at radius 2 is 2.08 bits per heavy atom. The fraction of sp³-hybridized carbons (Fsp3) is 0.526. The number of aromatic nitrogens is 2. The van der Waals surface area contributed by atoms with Gasteiger partial charge in [0.05, 0.1) is 24.9 Å². The largest absolute Gasteiger partial charge is 0.468 e. The Hall–Kier alpha value is -2.41. The first-order valence-electron chi connectivity index (χ1n) is 9.34. The highest BCUT2D eigenvalue weighted by molar-refractivity contribution is 5.79. The molecule has 1 amide bonds. The third-order valence-electron chi connectivity index (χ3n) is 5.28. The van der Waals surface area contributed by atoms with Crippen LogP contribution in [0.1, 0.15) is 18.6 Å². The van der Waals surface area contributed by atoms with Crippen molar-refractivity contribution < 1.29 is 9.21 Å². The predicted octanol–water partition coefficient (Wildman–Crippen LogP) is 1.63. The number of anilines is 1. The summed E-state index contributed by atoms with van der Waals surface area (Å²) in [6.07, 6.45) is 8.93. The second-order valence-electron chi connectivity index (χ2n) is 7.03. The molecule has 0 aliphatic carbocycles. The average Bonchev–Trinajstić information content (AvgIpc) is 3.21. The van der Waals surface area contributed by atoms with E-state index in [0.29, 0.717) is 5.91 Å². The van der Waals surface area contributed by atoms with Crippen LogP contribution >= 0.6 is 0 Å². The Morgan fingerprint density at radius 1 is 1.19 bits per heavy atom. The predicted molar refractivity (Wildman–Crippen MR) is 97.5 cm³/mol. The molecule has 138 valence electrons.